The first-order chi connectivity index (χ1) is 7.92. The topological polar surface area (TPSA) is 58.6 Å². The second-order valence-electron chi connectivity index (χ2n) is 6.07. The number of carbonyl (C=O) groups excluding carboxylic acids is 1. The van der Waals surface area contributed by atoms with Crippen molar-refractivity contribution in [3.63, 3.8) is 0 Å². The van der Waals surface area contributed by atoms with Gasteiger partial charge in [-0.25, -0.2) is 0 Å². The van der Waals surface area contributed by atoms with Crippen molar-refractivity contribution in [2.24, 2.45) is 11.3 Å². The van der Waals surface area contributed by atoms with E-state index in [0.717, 1.165) is 25.9 Å². The number of ether oxygens (including phenoxy) is 1. The van der Waals surface area contributed by atoms with E-state index in [2.05, 4.69) is 26.1 Å². The highest BCUT2D eigenvalue weighted by molar-refractivity contribution is 5.79. The summed E-state index contributed by atoms with van der Waals surface area (Å²) in [7, 11) is 0. The highest BCUT2D eigenvalue weighted by Gasteiger charge is 2.25. The van der Waals surface area contributed by atoms with Crippen LogP contribution in [-0.4, -0.2) is 36.9 Å². The highest BCUT2D eigenvalue weighted by Crippen LogP contribution is 2.21. The maximum Gasteiger partial charge on any atom is 0.225 e. The van der Waals surface area contributed by atoms with Crippen molar-refractivity contribution in [3.05, 3.63) is 0 Å². The molecule has 1 heterocycles. The van der Waals surface area contributed by atoms with E-state index in [0.29, 0.717) is 6.61 Å². The van der Waals surface area contributed by atoms with Crippen LogP contribution >= 0.6 is 0 Å². The Morgan fingerprint density at radius 3 is 2.71 bits per heavy atom. The van der Waals surface area contributed by atoms with Crippen LogP contribution in [0, 0.1) is 11.3 Å². The van der Waals surface area contributed by atoms with Crippen LogP contribution in [0.25, 0.3) is 0 Å². The molecule has 1 rings (SSSR count). The number of aliphatic hydroxyl groups is 1. The van der Waals surface area contributed by atoms with E-state index in [-0.39, 0.29) is 29.9 Å². The lowest BCUT2D eigenvalue weighted by atomic mass is 9.88. The molecule has 0 bridgehead atoms. The van der Waals surface area contributed by atoms with Crippen molar-refractivity contribution in [3.8, 4) is 0 Å². The molecule has 2 atom stereocenters. The molecule has 0 aromatic rings. The average Bonchev–Trinajstić information content (AvgIpc) is 2.27. The second kappa shape index (κ2) is 6.36. The molecule has 4 nitrogen and oxygen atoms in total. The maximum absolute atomic E-state index is 12.0. The predicted octanol–water partition coefficient (Wildman–Crippen LogP) is 1.33. The zero-order chi connectivity index (χ0) is 12.9. The quantitative estimate of drug-likeness (QED) is 0.783. The minimum absolute atomic E-state index is 0.00339. The molecule has 0 spiro atoms. The van der Waals surface area contributed by atoms with Gasteiger partial charge in [-0.2, -0.15) is 0 Å². The summed E-state index contributed by atoms with van der Waals surface area (Å²) >= 11 is 0. The van der Waals surface area contributed by atoms with Crippen LogP contribution < -0.4 is 5.32 Å². The molecular formula is C13H25NO3. The number of amides is 1. The summed E-state index contributed by atoms with van der Waals surface area (Å²) < 4.78 is 5.30. The molecule has 4 heteroatoms. The fourth-order valence-corrected chi connectivity index (χ4v) is 2.17. The number of hydrogen-bond donors (Lipinski definition) is 2. The predicted molar refractivity (Wildman–Crippen MR) is 66.6 cm³/mol. The largest absolute Gasteiger partial charge is 0.394 e. The van der Waals surface area contributed by atoms with Gasteiger partial charge < -0.3 is 15.2 Å². The third-order valence-electron chi connectivity index (χ3n) is 2.96. The number of rotatable bonds is 4. The van der Waals surface area contributed by atoms with Gasteiger partial charge in [-0.3, -0.25) is 4.79 Å². The van der Waals surface area contributed by atoms with Gasteiger partial charge in [0, 0.05) is 6.61 Å². The number of carbonyl (C=O) groups is 1. The molecule has 0 aromatic heterocycles. The van der Waals surface area contributed by atoms with Crippen LogP contribution in [0.5, 0.6) is 0 Å². The molecule has 2 N–H and O–H groups in total. The van der Waals surface area contributed by atoms with Gasteiger partial charge in [0.15, 0.2) is 0 Å². The number of nitrogens with one attached hydrogen (secondary N) is 1. The summed E-state index contributed by atoms with van der Waals surface area (Å²) in [6.07, 6.45) is 2.61. The summed E-state index contributed by atoms with van der Waals surface area (Å²) in [6, 6.07) is -0.149. The van der Waals surface area contributed by atoms with Gasteiger partial charge in [-0.05, 0) is 24.7 Å². The molecule has 1 fully saturated rings. The van der Waals surface area contributed by atoms with Crippen molar-refractivity contribution in [1.82, 2.24) is 5.32 Å². The lowest BCUT2D eigenvalue weighted by Crippen LogP contribution is -2.44. The first kappa shape index (κ1) is 14.5. The van der Waals surface area contributed by atoms with Crippen LogP contribution in [0.1, 0.15) is 40.0 Å². The Hall–Kier alpha value is -0.610. The van der Waals surface area contributed by atoms with Gasteiger partial charge in [0.25, 0.3) is 0 Å². The van der Waals surface area contributed by atoms with E-state index in [4.69, 9.17) is 4.74 Å². The summed E-state index contributed by atoms with van der Waals surface area (Å²) in [5.74, 6) is -0.0224. The number of hydrogen-bond acceptors (Lipinski definition) is 3. The Balaban J connectivity index is 2.41. The molecule has 1 amide bonds. The normalized spacial score (nSPS) is 23.2. The van der Waals surface area contributed by atoms with Gasteiger partial charge in [-0.1, -0.05) is 20.8 Å². The minimum atomic E-state index is -0.149. The summed E-state index contributed by atoms with van der Waals surface area (Å²) in [4.78, 5) is 12.0. The summed E-state index contributed by atoms with van der Waals surface area (Å²) in [5, 5.41) is 12.2. The average molecular weight is 243 g/mol. The van der Waals surface area contributed by atoms with Gasteiger partial charge in [0.05, 0.1) is 25.2 Å². The fourth-order valence-electron chi connectivity index (χ4n) is 2.17. The van der Waals surface area contributed by atoms with Crippen molar-refractivity contribution >= 4 is 5.91 Å². The molecule has 0 aromatic carbocycles. The standard InChI is InChI=1S/C13H25NO3/c1-13(2,3)7-11(8-15)14-12(16)10-5-4-6-17-9-10/h10-11,15H,4-9H2,1-3H3,(H,14,16). The maximum atomic E-state index is 12.0. The van der Waals surface area contributed by atoms with Crippen molar-refractivity contribution in [1.29, 1.82) is 0 Å². The number of aliphatic hydroxyl groups excluding tert-OH is 1. The first-order valence-corrected chi connectivity index (χ1v) is 6.41. The zero-order valence-corrected chi connectivity index (χ0v) is 11.2. The van der Waals surface area contributed by atoms with Crippen molar-refractivity contribution in [2.45, 2.75) is 46.1 Å². The van der Waals surface area contributed by atoms with Crippen molar-refractivity contribution in [2.75, 3.05) is 19.8 Å². The Morgan fingerprint density at radius 2 is 2.24 bits per heavy atom. The van der Waals surface area contributed by atoms with Crippen LogP contribution in [0.3, 0.4) is 0 Å². The van der Waals surface area contributed by atoms with E-state index >= 15 is 0 Å². The van der Waals surface area contributed by atoms with E-state index in [1.165, 1.54) is 0 Å². The molecular weight excluding hydrogens is 218 g/mol. The molecule has 1 aliphatic rings. The zero-order valence-electron chi connectivity index (χ0n) is 11.2. The van der Waals surface area contributed by atoms with Crippen LogP contribution in [0.4, 0.5) is 0 Å². The van der Waals surface area contributed by atoms with E-state index in [1.807, 2.05) is 0 Å². The van der Waals surface area contributed by atoms with Crippen molar-refractivity contribution < 1.29 is 14.6 Å². The Kier molecular flexibility index (Phi) is 5.40. The van der Waals surface area contributed by atoms with Crippen LogP contribution in [-0.2, 0) is 9.53 Å². The molecule has 0 aliphatic carbocycles. The van der Waals surface area contributed by atoms with Crippen LogP contribution in [0.2, 0.25) is 0 Å². The summed E-state index contributed by atoms with van der Waals surface area (Å²) in [6.45, 7) is 7.58. The third kappa shape index (κ3) is 5.50. The van der Waals surface area contributed by atoms with E-state index < -0.39 is 0 Å². The van der Waals surface area contributed by atoms with Gasteiger partial charge in [0.2, 0.25) is 5.91 Å². The minimum Gasteiger partial charge on any atom is -0.394 e. The first-order valence-electron chi connectivity index (χ1n) is 6.41. The molecule has 100 valence electrons. The molecule has 1 aliphatic heterocycles. The Morgan fingerprint density at radius 1 is 1.53 bits per heavy atom. The molecule has 0 radical (unpaired) electrons. The van der Waals surface area contributed by atoms with Gasteiger partial charge in [0.1, 0.15) is 0 Å². The molecule has 1 saturated heterocycles. The Bertz CT molecular complexity index is 242. The van der Waals surface area contributed by atoms with Gasteiger partial charge in [-0.15, -0.1) is 0 Å². The SMILES string of the molecule is CC(C)(C)CC(CO)NC(=O)C1CCCOC1. The molecule has 0 saturated carbocycles. The lowest BCUT2D eigenvalue weighted by Gasteiger charge is -2.28. The fraction of sp³-hybridized carbons (Fsp3) is 0.923. The second-order valence-corrected chi connectivity index (χ2v) is 6.07. The van der Waals surface area contributed by atoms with E-state index in [9.17, 15) is 9.90 Å². The lowest BCUT2D eigenvalue weighted by molar-refractivity contribution is -0.130. The van der Waals surface area contributed by atoms with Crippen LogP contribution in [0.15, 0.2) is 0 Å². The third-order valence-corrected chi connectivity index (χ3v) is 2.96. The highest BCUT2D eigenvalue weighted by atomic mass is 16.5. The monoisotopic (exact) mass is 243 g/mol. The molecule has 17 heavy (non-hydrogen) atoms. The van der Waals surface area contributed by atoms with E-state index in [1.54, 1.807) is 0 Å². The smallest absolute Gasteiger partial charge is 0.225 e. The van der Waals surface area contributed by atoms with Gasteiger partial charge >= 0.3 is 0 Å². The Labute approximate surface area is 104 Å². The molecule has 2 unspecified atom stereocenters. The summed E-state index contributed by atoms with van der Waals surface area (Å²) in [5.41, 5.74) is 0.101.